The van der Waals surface area contributed by atoms with E-state index in [-0.39, 0.29) is 11.2 Å². The third-order valence-corrected chi connectivity index (χ3v) is 8.46. The fraction of sp³-hybridized carbons (Fsp3) is 0.750. The first-order chi connectivity index (χ1) is 12.8. The standard InChI is InChI=1S/C24H34O3/c1-14-12-21-18(17-7-6-16(25)13-19(14)17)8-10-24(3,9-4-5-22(26)27)23(21)20-11-15(20)2/h13,15,17-18,20-21,23H,1,4-12H2,2-3H3,(H,26,27)/t15?,17?,18?,20-,21?,23?,24?/m0/s1. The van der Waals surface area contributed by atoms with Gasteiger partial charge in [0.2, 0.25) is 0 Å². The van der Waals surface area contributed by atoms with E-state index in [0.717, 1.165) is 37.5 Å². The number of allylic oxidation sites excluding steroid dienone is 3. The van der Waals surface area contributed by atoms with Gasteiger partial charge in [0.15, 0.2) is 5.78 Å². The summed E-state index contributed by atoms with van der Waals surface area (Å²) in [6.45, 7) is 9.22. The van der Waals surface area contributed by atoms with E-state index in [1.807, 2.05) is 6.08 Å². The van der Waals surface area contributed by atoms with Crippen LogP contribution in [0.15, 0.2) is 23.8 Å². The molecule has 3 saturated carbocycles. The van der Waals surface area contributed by atoms with Crippen LogP contribution in [0.4, 0.5) is 0 Å². The molecule has 0 aromatic carbocycles. The van der Waals surface area contributed by atoms with Crippen molar-refractivity contribution in [2.24, 2.45) is 40.9 Å². The van der Waals surface area contributed by atoms with Crippen LogP contribution in [0, 0.1) is 40.9 Å². The molecule has 0 aromatic rings. The van der Waals surface area contributed by atoms with Crippen molar-refractivity contribution in [1.82, 2.24) is 0 Å². The van der Waals surface area contributed by atoms with Crippen LogP contribution in [-0.2, 0) is 9.59 Å². The Balaban J connectivity index is 1.60. The Morgan fingerprint density at radius 3 is 2.70 bits per heavy atom. The van der Waals surface area contributed by atoms with Crippen LogP contribution in [0.3, 0.4) is 0 Å². The van der Waals surface area contributed by atoms with Crippen molar-refractivity contribution in [3.05, 3.63) is 23.8 Å². The van der Waals surface area contributed by atoms with Crippen LogP contribution in [0.25, 0.3) is 0 Å². The summed E-state index contributed by atoms with van der Waals surface area (Å²) in [5, 5.41) is 9.08. The Bertz CT molecular complexity index is 690. The summed E-state index contributed by atoms with van der Waals surface area (Å²) in [4.78, 5) is 23.0. The molecule has 6 unspecified atom stereocenters. The van der Waals surface area contributed by atoms with Gasteiger partial charge in [-0.2, -0.15) is 0 Å². The Morgan fingerprint density at radius 1 is 1.30 bits per heavy atom. The molecule has 27 heavy (non-hydrogen) atoms. The van der Waals surface area contributed by atoms with Gasteiger partial charge in [0.25, 0.3) is 0 Å². The fourth-order valence-electron chi connectivity index (χ4n) is 7.08. The first-order valence-corrected chi connectivity index (χ1v) is 10.9. The molecular formula is C24H34O3. The molecule has 4 rings (SSSR count). The number of carboxylic acid groups (broad SMARTS) is 1. The highest BCUT2D eigenvalue weighted by Gasteiger charge is 2.57. The third kappa shape index (κ3) is 3.43. The molecule has 0 amide bonds. The Hall–Kier alpha value is -1.38. The van der Waals surface area contributed by atoms with Gasteiger partial charge < -0.3 is 5.11 Å². The van der Waals surface area contributed by atoms with Gasteiger partial charge in [-0.05, 0) is 97.5 Å². The smallest absolute Gasteiger partial charge is 0.303 e. The maximum Gasteiger partial charge on any atom is 0.303 e. The van der Waals surface area contributed by atoms with Gasteiger partial charge >= 0.3 is 5.97 Å². The summed E-state index contributed by atoms with van der Waals surface area (Å²) in [7, 11) is 0. The van der Waals surface area contributed by atoms with Crippen molar-refractivity contribution in [1.29, 1.82) is 0 Å². The number of carbonyl (C=O) groups is 2. The second-order valence-corrected chi connectivity index (χ2v) is 10.2. The topological polar surface area (TPSA) is 54.4 Å². The van der Waals surface area contributed by atoms with Crippen LogP contribution in [0.1, 0.15) is 71.6 Å². The van der Waals surface area contributed by atoms with Gasteiger partial charge in [0.1, 0.15) is 0 Å². The summed E-state index contributed by atoms with van der Waals surface area (Å²) in [5.74, 6) is 3.82. The number of rotatable bonds is 5. The van der Waals surface area contributed by atoms with Gasteiger partial charge in [-0.15, -0.1) is 0 Å². The van der Waals surface area contributed by atoms with Gasteiger partial charge in [0.05, 0.1) is 0 Å². The number of fused-ring (bicyclic) bond motifs is 3. The second-order valence-electron chi connectivity index (χ2n) is 10.2. The minimum Gasteiger partial charge on any atom is -0.481 e. The van der Waals surface area contributed by atoms with Crippen LogP contribution in [0.5, 0.6) is 0 Å². The SMILES string of the molecule is C=C1CC2C(CCC(C)(CCCC(=O)O)C2[C@H]2CC2C)C2CCC(=O)C=C12. The monoisotopic (exact) mass is 370 g/mol. The lowest BCUT2D eigenvalue weighted by Gasteiger charge is -2.56. The number of carboxylic acids is 1. The van der Waals surface area contributed by atoms with E-state index in [1.165, 1.54) is 30.4 Å². The Morgan fingerprint density at radius 2 is 2.04 bits per heavy atom. The van der Waals surface area contributed by atoms with Gasteiger partial charge in [-0.3, -0.25) is 9.59 Å². The molecule has 0 spiro atoms. The molecule has 0 saturated heterocycles. The van der Waals surface area contributed by atoms with Gasteiger partial charge in [-0.25, -0.2) is 0 Å². The molecular weight excluding hydrogens is 336 g/mol. The molecule has 0 radical (unpaired) electrons. The first kappa shape index (κ1) is 19.0. The van der Waals surface area contributed by atoms with Gasteiger partial charge in [0, 0.05) is 12.8 Å². The lowest BCUT2D eigenvalue weighted by molar-refractivity contribution is -0.137. The number of carbonyl (C=O) groups excluding carboxylic acids is 1. The molecule has 148 valence electrons. The minimum atomic E-state index is -0.670. The molecule has 0 aliphatic heterocycles. The zero-order valence-electron chi connectivity index (χ0n) is 16.9. The number of hydrogen-bond donors (Lipinski definition) is 1. The van der Waals surface area contributed by atoms with Crippen molar-refractivity contribution in [2.75, 3.05) is 0 Å². The Labute approximate surface area is 163 Å². The second kappa shape index (κ2) is 6.90. The lowest BCUT2D eigenvalue weighted by Crippen LogP contribution is -2.48. The largest absolute Gasteiger partial charge is 0.481 e. The number of aliphatic carboxylic acids is 1. The van der Waals surface area contributed by atoms with Crippen molar-refractivity contribution in [2.45, 2.75) is 71.6 Å². The highest BCUT2D eigenvalue weighted by molar-refractivity contribution is 5.92. The Kier molecular flexibility index (Phi) is 4.84. The first-order valence-electron chi connectivity index (χ1n) is 10.9. The molecule has 1 N–H and O–H groups in total. The van der Waals surface area contributed by atoms with E-state index in [9.17, 15) is 9.59 Å². The highest BCUT2D eigenvalue weighted by atomic mass is 16.4. The number of hydrogen-bond acceptors (Lipinski definition) is 2. The zero-order chi connectivity index (χ0) is 19.3. The molecule has 0 bridgehead atoms. The van der Waals surface area contributed by atoms with Crippen LogP contribution >= 0.6 is 0 Å². The third-order valence-electron chi connectivity index (χ3n) is 8.46. The van der Waals surface area contributed by atoms with E-state index in [1.54, 1.807) is 0 Å². The van der Waals surface area contributed by atoms with Crippen LogP contribution in [-0.4, -0.2) is 16.9 Å². The number of ketones is 1. The zero-order valence-corrected chi connectivity index (χ0v) is 16.9. The summed E-state index contributed by atoms with van der Waals surface area (Å²) in [6, 6.07) is 0. The molecule has 0 heterocycles. The summed E-state index contributed by atoms with van der Waals surface area (Å²) < 4.78 is 0. The van der Waals surface area contributed by atoms with Crippen molar-refractivity contribution in [3.63, 3.8) is 0 Å². The molecule has 3 heteroatoms. The normalized spacial score (nSPS) is 43.6. The van der Waals surface area contributed by atoms with E-state index >= 15 is 0 Å². The molecule has 4 aliphatic rings. The summed E-state index contributed by atoms with van der Waals surface area (Å²) >= 11 is 0. The summed E-state index contributed by atoms with van der Waals surface area (Å²) in [5.41, 5.74) is 2.74. The average Bonchev–Trinajstić information content (AvgIpc) is 3.30. The average molecular weight is 371 g/mol. The molecule has 0 aromatic heterocycles. The van der Waals surface area contributed by atoms with E-state index < -0.39 is 5.97 Å². The maximum absolute atomic E-state index is 12.0. The highest BCUT2D eigenvalue weighted by Crippen LogP contribution is 2.65. The lowest BCUT2D eigenvalue weighted by atomic mass is 9.49. The van der Waals surface area contributed by atoms with Crippen LogP contribution in [0.2, 0.25) is 0 Å². The van der Waals surface area contributed by atoms with Crippen molar-refractivity contribution >= 4 is 11.8 Å². The van der Waals surface area contributed by atoms with Crippen molar-refractivity contribution in [3.8, 4) is 0 Å². The quantitative estimate of drug-likeness (QED) is 0.704. The molecule has 7 atom stereocenters. The molecule has 4 aliphatic carbocycles. The van der Waals surface area contributed by atoms with Crippen molar-refractivity contribution < 1.29 is 14.7 Å². The van der Waals surface area contributed by atoms with E-state index in [2.05, 4.69) is 20.4 Å². The molecule has 3 nitrogen and oxygen atoms in total. The van der Waals surface area contributed by atoms with Crippen LogP contribution < -0.4 is 0 Å². The predicted octanol–water partition coefficient (Wildman–Crippen LogP) is 5.41. The predicted molar refractivity (Wildman–Crippen MR) is 106 cm³/mol. The maximum atomic E-state index is 12.0. The minimum absolute atomic E-state index is 0.262. The fourth-order valence-corrected chi connectivity index (χ4v) is 7.08. The van der Waals surface area contributed by atoms with Gasteiger partial charge in [-0.1, -0.05) is 26.0 Å². The van der Waals surface area contributed by atoms with E-state index in [4.69, 9.17) is 5.11 Å². The molecule has 3 fully saturated rings. The van der Waals surface area contributed by atoms with E-state index in [0.29, 0.717) is 36.5 Å². The summed E-state index contributed by atoms with van der Waals surface area (Å²) in [6.07, 6.45) is 10.6.